The number of amides is 1. The third-order valence-corrected chi connectivity index (χ3v) is 3.44. The van der Waals surface area contributed by atoms with Crippen molar-refractivity contribution in [1.29, 1.82) is 0 Å². The van der Waals surface area contributed by atoms with Crippen LogP contribution < -0.4 is 15.4 Å². The Morgan fingerprint density at radius 2 is 1.56 bits per heavy atom. The van der Waals surface area contributed by atoms with E-state index in [0.717, 1.165) is 7.11 Å². The average Bonchev–Trinajstić information content (AvgIpc) is 2.56. The number of carbonyl (C=O) groups is 1. The van der Waals surface area contributed by atoms with E-state index in [0.29, 0.717) is 10.7 Å². The number of rotatable bonds is 3. The van der Waals surface area contributed by atoms with Gasteiger partial charge in [0.05, 0.1) is 7.11 Å². The molecule has 2 rings (SSSR count). The number of anilines is 1. The normalized spacial score (nSPS) is 10.3. The smallest absolute Gasteiger partial charge is 0.263 e. The van der Waals surface area contributed by atoms with E-state index in [1.54, 1.807) is 0 Å². The molecule has 0 aliphatic rings. The molecule has 0 aliphatic heterocycles. The molecule has 0 atom stereocenters. The van der Waals surface area contributed by atoms with Crippen LogP contribution in [0, 0.1) is 23.3 Å². The van der Waals surface area contributed by atoms with E-state index in [2.05, 4.69) is 10.1 Å². The molecule has 2 aromatic carbocycles. The molecule has 2 N–H and O–H groups in total. The summed E-state index contributed by atoms with van der Waals surface area (Å²) in [6.07, 6.45) is 0. The van der Waals surface area contributed by atoms with Crippen LogP contribution in [-0.4, -0.2) is 18.1 Å². The molecule has 0 aromatic heterocycles. The summed E-state index contributed by atoms with van der Waals surface area (Å²) in [5, 5.41) is 4.58. The monoisotopic (exact) mass is 392 g/mol. The largest absolute Gasteiger partial charge is 0.491 e. The van der Waals surface area contributed by atoms with Gasteiger partial charge in [-0.1, -0.05) is 11.6 Å². The van der Waals surface area contributed by atoms with Gasteiger partial charge in [-0.15, -0.1) is 0 Å². The summed E-state index contributed by atoms with van der Waals surface area (Å²) in [5.74, 6) is -10.2. The second-order valence-electron chi connectivity index (χ2n) is 4.58. The van der Waals surface area contributed by atoms with E-state index in [-0.39, 0.29) is 5.11 Å². The van der Waals surface area contributed by atoms with Crippen LogP contribution in [0.3, 0.4) is 0 Å². The maximum absolute atomic E-state index is 13.9. The molecule has 2 aromatic rings. The minimum atomic E-state index is -1.90. The quantitative estimate of drug-likeness (QED) is 0.470. The lowest BCUT2D eigenvalue weighted by Crippen LogP contribution is -2.35. The highest BCUT2D eigenvalue weighted by Crippen LogP contribution is 2.29. The first-order valence-corrected chi connectivity index (χ1v) is 7.32. The van der Waals surface area contributed by atoms with Crippen molar-refractivity contribution in [2.45, 2.75) is 0 Å². The third-order valence-electron chi connectivity index (χ3n) is 2.98. The minimum absolute atomic E-state index is 0.345. The number of hydrogen-bond acceptors (Lipinski definition) is 3. The van der Waals surface area contributed by atoms with Crippen LogP contribution in [0.5, 0.6) is 5.75 Å². The topological polar surface area (TPSA) is 50.4 Å². The second-order valence-corrected chi connectivity index (χ2v) is 5.42. The Bertz CT molecular complexity index is 817. The number of halogens is 5. The Morgan fingerprint density at radius 1 is 1.04 bits per heavy atom. The fourth-order valence-corrected chi connectivity index (χ4v) is 2.19. The Kier molecular flexibility index (Phi) is 5.81. The zero-order valence-corrected chi connectivity index (χ0v) is 14.0. The van der Waals surface area contributed by atoms with Crippen molar-refractivity contribution >= 4 is 40.5 Å². The van der Waals surface area contributed by atoms with Gasteiger partial charge in [-0.3, -0.25) is 10.1 Å². The summed E-state index contributed by atoms with van der Waals surface area (Å²) in [7, 11) is 0.825. The van der Waals surface area contributed by atoms with Crippen molar-refractivity contribution < 1.29 is 27.1 Å². The Hall–Kier alpha value is -2.39. The van der Waals surface area contributed by atoms with Gasteiger partial charge in [0.2, 0.25) is 11.6 Å². The molecular formula is C15H9ClF4N2O2S. The molecule has 0 saturated carbocycles. The predicted octanol–water partition coefficient (Wildman–Crippen LogP) is 4.03. The number of benzene rings is 2. The zero-order valence-electron chi connectivity index (χ0n) is 12.4. The van der Waals surface area contributed by atoms with Gasteiger partial charge in [-0.2, -0.15) is 8.78 Å². The molecule has 25 heavy (non-hydrogen) atoms. The van der Waals surface area contributed by atoms with Crippen LogP contribution in [-0.2, 0) is 0 Å². The van der Waals surface area contributed by atoms with Crippen LogP contribution in [0.4, 0.5) is 23.2 Å². The summed E-state index contributed by atoms with van der Waals surface area (Å²) < 4.78 is 59.2. The Morgan fingerprint density at radius 3 is 2.04 bits per heavy atom. The summed E-state index contributed by atoms with van der Waals surface area (Å²) in [6, 6.07) is 6.10. The van der Waals surface area contributed by atoms with Crippen LogP contribution in [0.15, 0.2) is 24.3 Å². The number of ether oxygens (including phenoxy) is 1. The number of hydrogen-bond donors (Lipinski definition) is 2. The van der Waals surface area contributed by atoms with Crippen molar-refractivity contribution in [3.63, 3.8) is 0 Å². The molecular weight excluding hydrogens is 384 g/mol. The van der Waals surface area contributed by atoms with E-state index in [1.807, 2.05) is 5.32 Å². The lowest BCUT2D eigenvalue weighted by molar-refractivity contribution is 0.0966. The standard InChI is InChI=1S/C15H9ClF4N2O2S/c1-24-13-11(19)9(17)8(10(18)12(13)20)14(23)22-15(25)21-7-4-2-6(16)3-5-7/h2-5H,1H3,(H2,21,22,23,25). The average molecular weight is 393 g/mol. The molecule has 0 unspecified atom stereocenters. The van der Waals surface area contributed by atoms with E-state index in [9.17, 15) is 22.4 Å². The molecule has 0 fully saturated rings. The zero-order chi connectivity index (χ0) is 18.7. The minimum Gasteiger partial charge on any atom is -0.491 e. The van der Waals surface area contributed by atoms with Gasteiger partial charge in [0, 0.05) is 10.7 Å². The summed E-state index contributed by atoms with van der Waals surface area (Å²) in [4.78, 5) is 11.9. The van der Waals surface area contributed by atoms with Crippen molar-refractivity contribution in [1.82, 2.24) is 5.32 Å². The highest BCUT2D eigenvalue weighted by molar-refractivity contribution is 7.80. The molecule has 0 spiro atoms. The second kappa shape index (κ2) is 7.66. The lowest BCUT2D eigenvalue weighted by atomic mass is 10.1. The summed E-state index contributed by atoms with van der Waals surface area (Å²) in [5.41, 5.74) is -1.04. The molecule has 1 amide bonds. The highest BCUT2D eigenvalue weighted by atomic mass is 35.5. The molecule has 0 bridgehead atoms. The van der Waals surface area contributed by atoms with Gasteiger partial charge < -0.3 is 10.1 Å². The highest BCUT2D eigenvalue weighted by Gasteiger charge is 2.30. The van der Waals surface area contributed by atoms with Crippen LogP contribution in [0.1, 0.15) is 10.4 Å². The van der Waals surface area contributed by atoms with E-state index in [1.165, 1.54) is 24.3 Å². The Balaban J connectivity index is 2.23. The molecule has 132 valence electrons. The van der Waals surface area contributed by atoms with Crippen molar-refractivity contribution in [2.24, 2.45) is 0 Å². The first-order valence-electron chi connectivity index (χ1n) is 6.54. The maximum Gasteiger partial charge on any atom is 0.263 e. The molecule has 4 nitrogen and oxygen atoms in total. The van der Waals surface area contributed by atoms with Crippen LogP contribution in [0.25, 0.3) is 0 Å². The van der Waals surface area contributed by atoms with Crippen molar-refractivity contribution in [3.8, 4) is 5.75 Å². The van der Waals surface area contributed by atoms with E-state index < -0.39 is 40.5 Å². The summed E-state index contributed by atoms with van der Waals surface area (Å²) in [6.45, 7) is 0. The molecule has 0 heterocycles. The van der Waals surface area contributed by atoms with E-state index in [4.69, 9.17) is 23.8 Å². The first kappa shape index (κ1) is 18.9. The first-order chi connectivity index (χ1) is 11.8. The van der Waals surface area contributed by atoms with E-state index >= 15 is 0 Å². The number of methoxy groups -OCH3 is 1. The van der Waals surface area contributed by atoms with Gasteiger partial charge >= 0.3 is 0 Å². The SMILES string of the molecule is COc1c(F)c(F)c(C(=O)NC(=S)Nc2ccc(Cl)cc2)c(F)c1F. The van der Waals surface area contributed by atoms with Crippen LogP contribution in [0.2, 0.25) is 5.02 Å². The fraction of sp³-hybridized carbons (Fsp3) is 0.0667. The number of carbonyl (C=O) groups excluding carboxylic acids is 1. The van der Waals surface area contributed by atoms with Crippen molar-refractivity contribution in [3.05, 3.63) is 58.1 Å². The Labute approximate surface area is 149 Å². The van der Waals surface area contributed by atoms with Gasteiger partial charge in [0.25, 0.3) is 5.91 Å². The number of thiocarbonyl (C=S) groups is 1. The summed E-state index contributed by atoms with van der Waals surface area (Å²) >= 11 is 10.5. The number of nitrogens with one attached hydrogen (secondary N) is 2. The molecule has 0 aliphatic carbocycles. The third kappa shape index (κ3) is 3.99. The van der Waals surface area contributed by atoms with Crippen molar-refractivity contribution in [2.75, 3.05) is 12.4 Å². The maximum atomic E-state index is 13.9. The van der Waals surface area contributed by atoms with Gasteiger partial charge in [0.15, 0.2) is 22.5 Å². The fourth-order valence-electron chi connectivity index (χ4n) is 1.85. The lowest BCUT2D eigenvalue weighted by Gasteiger charge is -2.12. The van der Waals surface area contributed by atoms with Gasteiger partial charge in [0.1, 0.15) is 5.56 Å². The molecule has 0 radical (unpaired) electrons. The predicted molar refractivity (Wildman–Crippen MR) is 88.0 cm³/mol. The van der Waals surface area contributed by atoms with Gasteiger partial charge in [-0.05, 0) is 36.5 Å². The molecule has 10 heteroatoms. The molecule has 0 saturated heterocycles. The van der Waals surface area contributed by atoms with Crippen LogP contribution >= 0.6 is 23.8 Å². The van der Waals surface area contributed by atoms with Gasteiger partial charge in [-0.25, -0.2) is 8.78 Å².